The second kappa shape index (κ2) is 5.83. The molecule has 0 aliphatic carbocycles. The van der Waals surface area contributed by atoms with Gasteiger partial charge in [-0.05, 0) is 25.0 Å². The second-order valence-electron chi connectivity index (χ2n) is 3.23. The summed E-state index contributed by atoms with van der Waals surface area (Å²) in [7, 11) is 0.476. The quantitative estimate of drug-likeness (QED) is 0.566. The molecule has 1 aromatic rings. The van der Waals surface area contributed by atoms with Crippen LogP contribution in [0.5, 0.6) is 0 Å². The number of benzene rings is 1. The zero-order valence-corrected chi connectivity index (χ0v) is 10.7. The molecule has 0 atom stereocenters. The van der Waals surface area contributed by atoms with Gasteiger partial charge in [-0.15, -0.1) is 0 Å². The predicted molar refractivity (Wildman–Crippen MR) is 65.8 cm³/mol. The Balaban J connectivity index is 2.90. The lowest BCUT2D eigenvalue weighted by atomic mass is 10.2. The average molecular weight is 248 g/mol. The smallest absolute Gasteiger partial charge is 0.281 e. The second-order valence-corrected chi connectivity index (χ2v) is 7.36. The van der Waals surface area contributed by atoms with Crippen molar-refractivity contribution < 1.29 is 14.3 Å². The molecule has 0 aliphatic heterocycles. The summed E-state index contributed by atoms with van der Waals surface area (Å²) < 4.78 is 5.05. The van der Waals surface area contributed by atoms with E-state index < -0.39 is 6.72 Å². The highest BCUT2D eigenvalue weighted by Crippen LogP contribution is 2.41. The minimum atomic E-state index is -3.24. The first-order valence-electron chi connectivity index (χ1n) is 4.83. The molecule has 0 aliphatic rings. The zero-order chi connectivity index (χ0) is 11.3. The van der Waals surface area contributed by atoms with Crippen LogP contribution in [-0.4, -0.2) is 16.4 Å². The van der Waals surface area contributed by atoms with Crippen LogP contribution in [0.3, 0.4) is 0 Å². The normalized spacial score (nSPS) is 11.7. The Bertz CT molecular complexity index is 373. The average Bonchev–Trinajstić information content (AvgIpc) is 2.18. The Kier molecular flexibility index (Phi) is 5.03. The van der Waals surface area contributed by atoms with E-state index in [-0.39, 0.29) is 0 Å². The van der Waals surface area contributed by atoms with Gasteiger partial charge in [0, 0.05) is 4.90 Å². The van der Waals surface area contributed by atoms with Gasteiger partial charge in [-0.25, -0.2) is 0 Å². The summed E-state index contributed by atoms with van der Waals surface area (Å²) >= 11 is 0. The van der Waals surface area contributed by atoms with Gasteiger partial charge in [0.15, 0.2) is 0 Å². The third-order valence-corrected chi connectivity index (χ3v) is 5.10. The molecule has 0 saturated carbocycles. The van der Waals surface area contributed by atoms with Crippen molar-refractivity contribution in [1.29, 1.82) is 0 Å². The summed E-state index contributed by atoms with van der Waals surface area (Å²) in [6.45, 7) is 1.03. The third-order valence-electron chi connectivity index (χ3n) is 1.82. The van der Waals surface area contributed by atoms with Crippen LogP contribution in [0.4, 0.5) is 0 Å². The minimum Gasteiger partial charge on any atom is -0.328 e. The van der Waals surface area contributed by atoms with E-state index >= 15 is 0 Å². The molecule has 1 rings (SSSR count). The fourth-order valence-corrected chi connectivity index (χ4v) is 4.14. The number of rotatable bonds is 4. The van der Waals surface area contributed by atoms with Gasteiger partial charge >= 0.3 is 0 Å². The predicted octanol–water partition coefficient (Wildman–Crippen LogP) is 2.26. The topological polar surface area (TPSA) is 49.7 Å². The van der Waals surface area contributed by atoms with Crippen molar-refractivity contribution in [2.75, 3.05) is 6.61 Å². The highest BCUT2D eigenvalue weighted by Gasteiger charge is 2.09. The molecule has 0 heterocycles. The van der Waals surface area contributed by atoms with Crippen LogP contribution < -0.4 is 0 Å². The molecule has 0 bridgehead atoms. The van der Waals surface area contributed by atoms with E-state index in [1.807, 2.05) is 38.1 Å². The van der Waals surface area contributed by atoms with Crippen molar-refractivity contribution in [1.82, 2.24) is 0 Å². The van der Waals surface area contributed by atoms with Crippen molar-refractivity contribution in [3.05, 3.63) is 29.8 Å². The molecule has 5 heteroatoms. The first-order valence-corrected chi connectivity index (χ1v) is 8.04. The zero-order valence-electron chi connectivity index (χ0n) is 8.92. The number of hydrogen-bond donors (Lipinski definition) is 3. The van der Waals surface area contributed by atoms with Gasteiger partial charge in [-0.1, -0.05) is 36.1 Å². The van der Waals surface area contributed by atoms with Gasteiger partial charge in [0.05, 0.1) is 6.61 Å². The Morgan fingerprint density at radius 1 is 1.33 bits per heavy atom. The van der Waals surface area contributed by atoms with Gasteiger partial charge < -0.3 is 14.3 Å². The van der Waals surface area contributed by atoms with E-state index in [0.29, 0.717) is 17.5 Å². The van der Waals surface area contributed by atoms with Crippen molar-refractivity contribution in [2.45, 2.75) is 25.2 Å². The van der Waals surface area contributed by atoms with Crippen molar-refractivity contribution in [3.63, 3.8) is 0 Å². The third kappa shape index (κ3) is 4.49. The van der Waals surface area contributed by atoms with Crippen molar-refractivity contribution in [2.24, 2.45) is 0 Å². The Labute approximate surface area is 93.9 Å². The highest BCUT2D eigenvalue weighted by molar-refractivity contribution is 8.16. The van der Waals surface area contributed by atoms with Gasteiger partial charge in [0.1, 0.15) is 0 Å². The van der Waals surface area contributed by atoms with Gasteiger partial charge in [0.2, 0.25) is 0 Å². The first kappa shape index (κ1) is 12.9. The highest BCUT2D eigenvalue weighted by atomic mass is 32.5. The molecule has 0 fully saturated rings. The summed E-state index contributed by atoms with van der Waals surface area (Å²) in [6, 6.07) is 7.64. The largest absolute Gasteiger partial charge is 0.328 e. The maximum atomic E-state index is 9.66. The minimum absolute atomic E-state index is 0.389. The fourth-order valence-electron chi connectivity index (χ4n) is 1.06. The summed E-state index contributed by atoms with van der Waals surface area (Å²) in [5.74, 6) is 0. The SMILES string of the molecule is CCCOP(O)(O)=[SH]c1ccccc1C. The molecule has 0 amide bonds. The van der Waals surface area contributed by atoms with E-state index in [1.165, 1.54) is 0 Å². The lowest BCUT2D eigenvalue weighted by Gasteiger charge is -2.12. The van der Waals surface area contributed by atoms with E-state index in [2.05, 4.69) is 0 Å². The van der Waals surface area contributed by atoms with Crippen LogP contribution in [0, 0.1) is 6.92 Å². The molecule has 0 aromatic heterocycles. The lowest BCUT2D eigenvalue weighted by Crippen LogP contribution is -1.92. The Hall–Kier alpha value is -0.120. The van der Waals surface area contributed by atoms with Crippen LogP contribution in [-0.2, 0) is 15.5 Å². The Morgan fingerprint density at radius 2 is 2.00 bits per heavy atom. The molecule has 15 heavy (non-hydrogen) atoms. The van der Waals surface area contributed by atoms with Crippen LogP contribution >= 0.6 is 6.72 Å². The molecule has 0 unspecified atom stereocenters. The van der Waals surface area contributed by atoms with E-state index in [1.54, 1.807) is 0 Å². The number of hydrogen-bond acceptors (Lipinski definition) is 1. The number of aryl methyl sites for hydroxylation is 1. The van der Waals surface area contributed by atoms with Crippen LogP contribution in [0.2, 0.25) is 0 Å². The molecule has 1 aromatic carbocycles. The fraction of sp³-hybridized carbons (Fsp3) is 0.400. The monoisotopic (exact) mass is 248 g/mol. The standard InChI is InChI=1S/C10H17O3PS/c1-3-8-13-14(11,12)15-10-7-5-4-6-9(10)2/h4-7,11-12,15H,3,8H2,1-2H3. The molecular weight excluding hydrogens is 231 g/mol. The van der Waals surface area contributed by atoms with Crippen LogP contribution in [0.1, 0.15) is 18.9 Å². The van der Waals surface area contributed by atoms with Crippen LogP contribution in [0.15, 0.2) is 29.2 Å². The van der Waals surface area contributed by atoms with Crippen molar-refractivity contribution >= 4 is 17.7 Å². The molecule has 86 valence electrons. The first-order chi connectivity index (χ1) is 7.05. The van der Waals surface area contributed by atoms with E-state index in [4.69, 9.17) is 4.52 Å². The molecule has 0 spiro atoms. The van der Waals surface area contributed by atoms with Crippen LogP contribution in [0.25, 0.3) is 0 Å². The van der Waals surface area contributed by atoms with E-state index in [0.717, 1.165) is 16.9 Å². The summed E-state index contributed by atoms with van der Waals surface area (Å²) in [6.07, 6.45) is 0.784. The summed E-state index contributed by atoms with van der Waals surface area (Å²) in [5, 5.41) is 0. The summed E-state index contributed by atoms with van der Waals surface area (Å²) in [5.41, 5.74) is 1.05. The molecule has 3 nitrogen and oxygen atoms in total. The molecule has 0 radical (unpaired) electrons. The molecular formula is C10H17O3PS. The maximum absolute atomic E-state index is 9.66. The van der Waals surface area contributed by atoms with Gasteiger partial charge in [-0.2, -0.15) is 0 Å². The molecule has 0 saturated heterocycles. The van der Waals surface area contributed by atoms with Gasteiger partial charge in [-0.3, -0.25) is 0 Å². The lowest BCUT2D eigenvalue weighted by molar-refractivity contribution is 0.252. The Morgan fingerprint density at radius 3 is 2.60 bits per heavy atom. The number of thiol groups is 1. The van der Waals surface area contributed by atoms with Crippen molar-refractivity contribution in [3.8, 4) is 0 Å². The van der Waals surface area contributed by atoms with E-state index in [9.17, 15) is 9.79 Å². The molecule has 2 N–H and O–H groups in total. The summed E-state index contributed by atoms with van der Waals surface area (Å²) in [4.78, 5) is 20.2. The maximum Gasteiger partial charge on any atom is 0.281 e. The van der Waals surface area contributed by atoms with Gasteiger partial charge in [0.25, 0.3) is 6.72 Å².